The summed E-state index contributed by atoms with van der Waals surface area (Å²) in [5.41, 5.74) is 7.70. The molecular weight excluding hydrogens is 362 g/mol. The van der Waals surface area contributed by atoms with Gasteiger partial charge in [0.1, 0.15) is 0 Å². The Morgan fingerprint density at radius 2 is 1.59 bits per heavy atom. The van der Waals surface area contributed by atoms with E-state index in [0.717, 1.165) is 25.7 Å². The summed E-state index contributed by atoms with van der Waals surface area (Å²) >= 11 is 5.84. The van der Waals surface area contributed by atoms with Crippen LogP contribution < -0.4 is 16.4 Å². The monoisotopic (exact) mass is 385 g/mol. The van der Waals surface area contributed by atoms with Gasteiger partial charge in [0.25, 0.3) is 5.91 Å². The maximum absolute atomic E-state index is 12.6. The molecule has 5 nitrogen and oxygen atoms in total. The molecule has 2 amide bonds. The third-order valence-corrected chi connectivity index (χ3v) is 5.34. The van der Waals surface area contributed by atoms with Crippen LogP contribution in [0.4, 0.5) is 11.4 Å². The molecule has 0 heterocycles. The van der Waals surface area contributed by atoms with E-state index in [-0.39, 0.29) is 17.7 Å². The van der Waals surface area contributed by atoms with Crippen molar-refractivity contribution in [2.24, 2.45) is 11.7 Å². The zero-order chi connectivity index (χ0) is 19.4. The second-order valence-corrected chi connectivity index (χ2v) is 7.77. The highest BCUT2D eigenvalue weighted by Crippen LogP contribution is 2.32. The molecule has 2 atom stereocenters. The molecule has 0 aromatic heterocycles. The lowest BCUT2D eigenvalue weighted by atomic mass is 9.74. The predicted molar refractivity (Wildman–Crippen MR) is 109 cm³/mol. The quantitative estimate of drug-likeness (QED) is 0.727. The Hall–Kier alpha value is -2.37. The minimum Gasteiger partial charge on any atom is -0.326 e. The highest BCUT2D eigenvalue weighted by molar-refractivity contribution is 6.30. The van der Waals surface area contributed by atoms with Gasteiger partial charge in [0.15, 0.2) is 0 Å². The number of halogens is 1. The maximum Gasteiger partial charge on any atom is 0.255 e. The molecule has 2 aromatic rings. The van der Waals surface area contributed by atoms with Gasteiger partial charge in [0.2, 0.25) is 5.91 Å². The summed E-state index contributed by atoms with van der Waals surface area (Å²) < 4.78 is 0. The van der Waals surface area contributed by atoms with Crippen LogP contribution in [-0.2, 0) is 4.79 Å². The van der Waals surface area contributed by atoms with Crippen LogP contribution >= 0.6 is 11.6 Å². The topological polar surface area (TPSA) is 84.2 Å². The van der Waals surface area contributed by atoms with E-state index in [2.05, 4.69) is 10.6 Å². The van der Waals surface area contributed by atoms with Crippen LogP contribution in [-0.4, -0.2) is 17.4 Å². The average Bonchev–Trinajstić information content (AvgIpc) is 2.63. The summed E-state index contributed by atoms with van der Waals surface area (Å²) in [5.74, 6) is -0.447. The van der Waals surface area contributed by atoms with Crippen molar-refractivity contribution in [2.45, 2.75) is 38.1 Å². The molecular formula is C21H24ClN3O2. The van der Waals surface area contributed by atoms with Gasteiger partial charge in [-0.25, -0.2) is 0 Å². The molecule has 0 saturated heterocycles. The number of carbonyl (C=O) groups excluding carboxylic acids is 2. The predicted octanol–water partition coefficient (Wildman–Crippen LogP) is 4.44. The number of carbonyl (C=O) groups is 2. The van der Waals surface area contributed by atoms with Crippen molar-refractivity contribution in [3.8, 4) is 0 Å². The Balaban J connectivity index is 1.60. The molecule has 1 aliphatic carbocycles. The molecule has 1 fully saturated rings. The van der Waals surface area contributed by atoms with Crippen LogP contribution in [0.15, 0.2) is 48.5 Å². The van der Waals surface area contributed by atoms with Gasteiger partial charge >= 0.3 is 0 Å². The van der Waals surface area contributed by atoms with Gasteiger partial charge < -0.3 is 16.4 Å². The van der Waals surface area contributed by atoms with E-state index in [0.29, 0.717) is 22.0 Å². The summed E-state index contributed by atoms with van der Waals surface area (Å²) in [4.78, 5) is 24.8. The van der Waals surface area contributed by atoms with Crippen molar-refractivity contribution in [3.05, 3.63) is 59.1 Å². The Bertz CT molecular complexity index is 816. The van der Waals surface area contributed by atoms with Crippen molar-refractivity contribution in [3.63, 3.8) is 0 Å². The van der Waals surface area contributed by atoms with Crippen LogP contribution in [0.5, 0.6) is 0 Å². The van der Waals surface area contributed by atoms with Gasteiger partial charge in [0, 0.05) is 27.5 Å². The molecule has 0 radical (unpaired) electrons. The SMILES string of the molecule is CC1(N)CCCCC1C(=O)Nc1ccc(NC(=O)c2ccc(Cl)cc2)cc1. The maximum atomic E-state index is 12.6. The molecule has 0 aliphatic heterocycles. The van der Waals surface area contributed by atoms with Crippen molar-refractivity contribution in [2.75, 3.05) is 10.6 Å². The molecule has 4 N–H and O–H groups in total. The first-order chi connectivity index (χ1) is 12.8. The number of amides is 2. The lowest BCUT2D eigenvalue weighted by molar-refractivity contribution is -0.122. The highest BCUT2D eigenvalue weighted by atomic mass is 35.5. The summed E-state index contributed by atoms with van der Waals surface area (Å²) in [6.07, 6.45) is 3.77. The first-order valence-electron chi connectivity index (χ1n) is 9.12. The lowest BCUT2D eigenvalue weighted by Gasteiger charge is -2.37. The smallest absolute Gasteiger partial charge is 0.255 e. The fourth-order valence-electron chi connectivity index (χ4n) is 3.46. The molecule has 0 spiro atoms. The Labute approximate surface area is 164 Å². The number of benzene rings is 2. The van der Waals surface area contributed by atoms with Crippen LogP contribution in [0.1, 0.15) is 43.0 Å². The lowest BCUT2D eigenvalue weighted by Crippen LogP contribution is -2.51. The Kier molecular flexibility index (Phi) is 5.82. The first kappa shape index (κ1) is 19.4. The Morgan fingerprint density at radius 3 is 2.19 bits per heavy atom. The fraction of sp³-hybridized carbons (Fsp3) is 0.333. The summed E-state index contributed by atoms with van der Waals surface area (Å²) in [7, 11) is 0. The van der Waals surface area contributed by atoms with E-state index in [4.69, 9.17) is 17.3 Å². The van der Waals surface area contributed by atoms with E-state index in [1.54, 1.807) is 48.5 Å². The van der Waals surface area contributed by atoms with E-state index in [9.17, 15) is 9.59 Å². The number of rotatable bonds is 4. The van der Waals surface area contributed by atoms with Crippen LogP contribution in [0, 0.1) is 5.92 Å². The van der Waals surface area contributed by atoms with Crippen LogP contribution in [0.3, 0.4) is 0 Å². The van der Waals surface area contributed by atoms with Crippen LogP contribution in [0.2, 0.25) is 5.02 Å². The zero-order valence-electron chi connectivity index (χ0n) is 15.3. The largest absolute Gasteiger partial charge is 0.326 e. The molecule has 0 bridgehead atoms. The minimum atomic E-state index is -0.463. The normalized spacial score (nSPS) is 22.1. The third kappa shape index (κ3) is 4.87. The molecule has 1 saturated carbocycles. The molecule has 6 heteroatoms. The zero-order valence-corrected chi connectivity index (χ0v) is 16.1. The number of nitrogens with two attached hydrogens (primary N) is 1. The van der Waals surface area contributed by atoms with Crippen molar-refractivity contribution in [1.29, 1.82) is 0 Å². The standard InChI is InChI=1S/C21H24ClN3O2/c1-21(23)13-3-2-4-18(21)20(27)25-17-11-9-16(10-12-17)24-19(26)14-5-7-15(22)8-6-14/h5-12,18H,2-4,13,23H2,1H3,(H,24,26)(H,25,27). The van der Waals surface area contributed by atoms with Crippen molar-refractivity contribution in [1.82, 2.24) is 0 Å². The average molecular weight is 386 g/mol. The van der Waals surface area contributed by atoms with Crippen LogP contribution in [0.25, 0.3) is 0 Å². The van der Waals surface area contributed by atoms with E-state index < -0.39 is 5.54 Å². The third-order valence-electron chi connectivity index (χ3n) is 5.09. The molecule has 142 valence electrons. The van der Waals surface area contributed by atoms with Gasteiger partial charge in [-0.15, -0.1) is 0 Å². The second-order valence-electron chi connectivity index (χ2n) is 7.33. The van der Waals surface area contributed by atoms with Gasteiger partial charge in [-0.3, -0.25) is 9.59 Å². The number of anilines is 2. The second kappa shape index (κ2) is 8.11. The van der Waals surface area contributed by atoms with E-state index in [1.807, 2.05) is 6.92 Å². The Morgan fingerprint density at radius 1 is 1.00 bits per heavy atom. The molecule has 3 rings (SSSR count). The van der Waals surface area contributed by atoms with Crippen molar-refractivity contribution >= 4 is 34.8 Å². The number of hydrogen-bond acceptors (Lipinski definition) is 3. The molecule has 2 aromatic carbocycles. The summed E-state index contributed by atoms with van der Waals surface area (Å²) in [6.45, 7) is 1.95. The fourth-order valence-corrected chi connectivity index (χ4v) is 3.59. The van der Waals surface area contributed by atoms with Gasteiger partial charge in [-0.05, 0) is 68.3 Å². The van der Waals surface area contributed by atoms with Gasteiger partial charge in [-0.1, -0.05) is 24.4 Å². The molecule has 2 unspecified atom stereocenters. The summed E-state index contributed by atoms with van der Waals surface area (Å²) in [6, 6.07) is 13.7. The minimum absolute atomic E-state index is 0.0438. The van der Waals surface area contributed by atoms with E-state index in [1.165, 1.54) is 0 Å². The van der Waals surface area contributed by atoms with Crippen molar-refractivity contribution < 1.29 is 9.59 Å². The molecule has 1 aliphatic rings. The first-order valence-corrected chi connectivity index (χ1v) is 9.50. The highest BCUT2D eigenvalue weighted by Gasteiger charge is 2.37. The molecule has 27 heavy (non-hydrogen) atoms. The number of nitrogens with one attached hydrogen (secondary N) is 2. The van der Waals surface area contributed by atoms with Gasteiger partial charge in [-0.2, -0.15) is 0 Å². The van der Waals surface area contributed by atoms with Gasteiger partial charge in [0.05, 0.1) is 5.92 Å². The number of hydrogen-bond donors (Lipinski definition) is 3. The van der Waals surface area contributed by atoms with E-state index >= 15 is 0 Å². The summed E-state index contributed by atoms with van der Waals surface area (Å²) in [5, 5.41) is 6.34.